The molecule has 0 aromatic heterocycles. The van der Waals surface area contributed by atoms with Crippen molar-refractivity contribution in [3.05, 3.63) is 25.3 Å². The first-order chi connectivity index (χ1) is 7.24. The predicted octanol–water partition coefficient (Wildman–Crippen LogP) is 2.39. The maximum absolute atomic E-state index is 5.99. The van der Waals surface area contributed by atoms with Crippen LogP contribution in [0.1, 0.15) is 25.7 Å². The molecule has 15 heavy (non-hydrogen) atoms. The Kier molecular flexibility index (Phi) is 2.96. The van der Waals surface area contributed by atoms with Gasteiger partial charge in [-0.1, -0.05) is 12.2 Å². The van der Waals surface area contributed by atoms with Crippen LogP contribution in [0, 0.1) is 0 Å². The minimum atomic E-state index is -0.481. The lowest BCUT2D eigenvalue weighted by atomic mass is 10.00. The molecule has 0 radical (unpaired) electrons. The molecule has 3 heteroatoms. The molecule has 0 aromatic rings. The third-order valence-corrected chi connectivity index (χ3v) is 2.98. The van der Waals surface area contributed by atoms with Gasteiger partial charge < -0.3 is 14.2 Å². The van der Waals surface area contributed by atoms with Crippen molar-refractivity contribution >= 4 is 0 Å². The molecular formula is C12H18O3. The Morgan fingerprint density at radius 3 is 1.60 bits per heavy atom. The molecule has 0 amide bonds. The average molecular weight is 210 g/mol. The van der Waals surface area contributed by atoms with Gasteiger partial charge in [-0.05, 0) is 0 Å². The van der Waals surface area contributed by atoms with Gasteiger partial charge in [-0.3, -0.25) is 0 Å². The summed E-state index contributed by atoms with van der Waals surface area (Å²) in [6, 6.07) is 0. The third kappa shape index (κ3) is 2.00. The van der Waals surface area contributed by atoms with Crippen LogP contribution >= 0.6 is 0 Å². The van der Waals surface area contributed by atoms with E-state index in [2.05, 4.69) is 13.2 Å². The molecule has 3 nitrogen and oxygen atoms in total. The van der Waals surface area contributed by atoms with E-state index in [9.17, 15) is 0 Å². The molecule has 2 rings (SSSR count). The van der Waals surface area contributed by atoms with Crippen LogP contribution in [0.15, 0.2) is 25.3 Å². The van der Waals surface area contributed by atoms with Gasteiger partial charge in [0, 0.05) is 25.7 Å². The van der Waals surface area contributed by atoms with E-state index < -0.39 is 11.6 Å². The van der Waals surface area contributed by atoms with E-state index in [-0.39, 0.29) is 0 Å². The van der Waals surface area contributed by atoms with E-state index in [1.807, 2.05) is 12.2 Å². The molecule has 2 aliphatic heterocycles. The molecular weight excluding hydrogens is 192 g/mol. The lowest BCUT2D eigenvalue weighted by Gasteiger charge is -2.51. The zero-order valence-electron chi connectivity index (χ0n) is 9.04. The Bertz CT molecular complexity index is 226. The number of hydrogen-bond acceptors (Lipinski definition) is 3. The summed E-state index contributed by atoms with van der Waals surface area (Å²) in [5, 5.41) is 0. The monoisotopic (exact) mass is 210 g/mol. The van der Waals surface area contributed by atoms with Crippen molar-refractivity contribution in [1.29, 1.82) is 0 Å². The molecule has 0 spiro atoms. The molecule has 2 atom stereocenters. The highest BCUT2D eigenvalue weighted by molar-refractivity contribution is 4.93. The van der Waals surface area contributed by atoms with Gasteiger partial charge in [0.05, 0.1) is 13.2 Å². The fourth-order valence-electron chi connectivity index (χ4n) is 2.00. The Balaban J connectivity index is 1.98. The molecule has 2 fully saturated rings. The van der Waals surface area contributed by atoms with Crippen molar-refractivity contribution in [3.63, 3.8) is 0 Å². The van der Waals surface area contributed by atoms with Gasteiger partial charge in [0.15, 0.2) is 11.6 Å². The second kappa shape index (κ2) is 4.08. The summed E-state index contributed by atoms with van der Waals surface area (Å²) in [4.78, 5) is 0. The van der Waals surface area contributed by atoms with Crippen molar-refractivity contribution < 1.29 is 14.2 Å². The van der Waals surface area contributed by atoms with Crippen molar-refractivity contribution in [1.82, 2.24) is 0 Å². The summed E-state index contributed by atoms with van der Waals surface area (Å²) in [6.45, 7) is 8.98. The van der Waals surface area contributed by atoms with E-state index in [4.69, 9.17) is 14.2 Å². The van der Waals surface area contributed by atoms with Crippen LogP contribution in [-0.2, 0) is 14.2 Å². The molecule has 2 saturated heterocycles. The predicted molar refractivity (Wildman–Crippen MR) is 57.3 cm³/mol. The summed E-state index contributed by atoms with van der Waals surface area (Å²) >= 11 is 0. The molecule has 2 aliphatic rings. The second-order valence-corrected chi connectivity index (χ2v) is 4.11. The highest BCUT2D eigenvalue weighted by atomic mass is 16.8. The zero-order chi connectivity index (χ0) is 10.8. The highest BCUT2D eigenvalue weighted by Gasteiger charge is 2.49. The Hall–Kier alpha value is -0.640. The molecule has 2 heterocycles. The van der Waals surface area contributed by atoms with E-state index in [1.165, 1.54) is 0 Å². The number of hydrogen-bond donors (Lipinski definition) is 0. The van der Waals surface area contributed by atoms with Gasteiger partial charge in [0.1, 0.15) is 0 Å². The van der Waals surface area contributed by atoms with Gasteiger partial charge in [0.2, 0.25) is 0 Å². The smallest absolute Gasteiger partial charge is 0.177 e. The quantitative estimate of drug-likeness (QED) is 0.630. The molecule has 0 N–H and O–H groups in total. The molecule has 0 bridgehead atoms. The maximum atomic E-state index is 5.99. The topological polar surface area (TPSA) is 27.7 Å². The van der Waals surface area contributed by atoms with E-state index >= 15 is 0 Å². The lowest BCUT2D eigenvalue weighted by Crippen LogP contribution is -2.57. The Labute approximate surface area is 90.7 Å². The average Bonchev–Trinajstić information content (AvgIpc) is 2.11. The number of rotatable bonds is 6. The molecule has 0 saturated carbocycles. The van der Waals surface area contributed by atoms with Crippen LogP contribution < -0.4 is 0 Å². The summed E-state index contributed by atoms with van der Waals surface area (Å²) in [7, 11) is 0. The van der Waals surface area contributed by atoms with Crippen LogP contribution in [0.2, 0.25) is 0 Å². The van der Waals surface area contributed by atoms with Gasteiger partial charge in [-0.2, -0.15) is 0 Å². The summed E-state index contributed by atoms with van der Waals surface area (Å²) < 4.78 is 17.0. The standard InChI is InChI=1S/C12H18O3/c1-3-5-11(7-9-13-11)15-12(6-4-2)8-10-14-12/h3-4H,1-2,5-10H2. The SMILES string of the molecule is C=CCC1(OC2(CC=C)CCO2)CCO1. The fourth-order valence-corrected chi connectivity index (χ4v) is 2.00. The number of ether oxygens (including phenoxy) is 3. The summed E-state index contributed by atoms with van der Waals surface area (Å²) in [5.74, 6) is -0.962. The lowest BCUT2D eigenvalue weighted by molar-refractivity contribution is -0.426. The summed E-state index contributed by atoms with van der Waals surface area (Å²) in [5.41, 5.74) is 0. The van der Waals surface area contributed by atoms with E-state index in [1.54, 1.807) is 0 Å². The highest BCUT2D eigenvalue weighted by Crippen LogP contribution is 2.42. The third-order valence-electron chi connectivity index (χ3n) is 2.98. The van der Waals surface area contributed by atoms with Gasteiger partial charge >= 0.3 is 0 Å². The Morgan fingerprint density at radius 2 is 1.40 bits per heavy atom. The van der Waals surface area contributed by atoms with Crippen molar-refractivity contribution in [2.75, 3.05) is 13.2 Å². The first-order valence-electron chi connectivity index (χ1n) is 5.44. The van der Waals surface area contributed by atoms with Gasteiger partial charge in [-0.25, -0.2) is 0 Å². The minimum absolute atomic E-state index is 0.481. The molecule has 0 aromatic carbocycles. The molecule has 0 aliphatic carbocycles. The Morgan fingerprint density at radius 1 is 1.00 bits per heavy atom. The normalized spacial score (nSPS) is 38.9. The van der Waals surface area contributed by atoms with E-state index in [0.29, 0.717) is 0 Å². The first kappa shape index (κ1) is 10.9. The molecule has 2 unspecified atom stereocenters. The largest absolute Gasteiger partial charge is 0.349 e. The van der Waals surface area contributed by atoms with E-state index in [0.717, 1.165) is 38.9 Å². The summed E-state index contributed by atoms with van der Waals surface area (Å²) in [6.07, 6.45) is 6.94. The van der Waals surface area contributed by atoms with Crippen molar-refractivity contribution in [2.24, 2.45) is 0 Å². The van der Waals surface area contributed by atoms with Gasteiger partial charge in [-0.15, -0.1) is 13.2 Å². The zero-order valence-corrected chi connectivity index (χ0v) is 9.04. The van der Waals surface area contributed by atoms with Gasteiger partial charge in [0.25, 0.3) is 0 Å². The first-order valence-corrected chi connectivity index (χ1v) is 5.44. The van der Waals surface area contributed by atoms with Crippen LogP contribution in [0.25, 0.3) is 0 Å². The second-order valence-electron chi connectivity index (χ2n) is 4.11. The maximum Gasteiger partial charge on any atom is 0.177 e. The van der Waals surface area contributed by atoms with Crippen LogP contribution in [0.5, 0.6) is 0 Å². The minimum Gasteiger partial charge on any atom is -0.349 e. The fraction of sp³-hybridized carbons (Fsp3) is 0.667. The van der Waals surface area contributed by atoms with Crippen molar-refractivity contribution in [3.8, 4) is 0 Å². The van der Waals surface area contributed by atoms with Crippen LogP contribution in [-0.4, -0.2) is 24.8 Å². The van der Waals surface area contributed by atoms with Crippen molar-refractivity contribution in [2.45, 2.75) is 37.3 Å². The van der Waals surface area contributed by atoms with Crippen LogP contribution in [0.3, 0.4) is 0 Å². The van der Waals surface area contributed by atoms with Crippen LogP contribution in [0.4, 0.5) is 0 Å². The molecule has 84 valence electrons.